The molecule has 0 amide bonds. The molecule has 0 aromatic heterocycles. The van der Waals surface area contributed by atoms with Crippen molar-refractivity contribution in [1.82, 2.24) is 5.32 Å². The van der Waals surface area contributed by atoms with Gasteiger partial charge in [0.1, 0.15) is 0 Å². The third kappa shape index (κ3) is 6.82. The van der Waals surface area contributed by atoms with E-state index in [1.165, 1.54) is 18.4 Å². The number of benzene rings is 1. The van der Waals surface area contributed by atoms with Crippen molar-refractivity contribution in [3.05, 3.63) is 34.9 Å². The van der Waals surface area contributed by atoms with Crippen LogP contribution in [0.15, 0.2) is 24.3 Å². The molecule has 0 bridgehead atoms. The van der Waals surface area contributed by atoms with Gasteiger partial charge in [0.05, 0.1) is 0 Å². The second kappa shape index (κ2) is 8.77. The van der Waals surface area contributed by atoms with Crippen molar-refractivity contribution in [3.63, 3.8) is 0 Å². The van der Waals surface area contributed by atoms with E-state index >= 15 is 0 Å². The summed E-state index contributed by atoms with van der Waals surface area (Å²) in [5.74, 6) is 1.20. The van der Waals surface area contributed by atoms with Crippen LogP contribution in [0.4, 0.5) is 0 Å². The van der Waals surface area contributed by atoms with Gasteiger partial charge in [-0.1, -0.05) is 37.6 Å². The minimum Gasteiger partial charge on any atom is -0.381 e. The maximum atomic E-state index is 6.13. The number of rotatable bonds is 10. The van der Waals surface area contributed by atoms with Crippen molar-refractivity contribution >= 4 is 11.6 Å². The molecule has 1 aliphatic carbocycles. The summed E-state index contributed by atoms with van der Waals surface area (Å²) in [7, 11) is 0. The standard InChI is InChI=1S/C18H28ClNO/c1-14(2)8-10-21-11-9-16(13-20-18-6-7-18)15-4-3-5-17(19)12-15/h3-5,12,14,16,18,20H,6-11,13H2,1-2H3. The summed E-state index contributed by atoms with van der Waals surface area (Å²) in [5.41, 5.74) is 1.32. The van der Waals surface area contributed by atoms with Gasteiger partial charge >= 0.3 is 0 Å². The average molecular weight is 310 g/mol. The molecular formula is C18H28ClNO. The van der Waals surface area contributed by atoms with Gasteiger partial charge in [0.2, 0.25) is 0 Å². The van der Waals surface area contributed by atoms with Crippen LogP contribution in [0.25, 0.3) is 0 Å². The molecule has 21 heavy (non-hydrogen) atoms. The Morgan fingerprint density at radius 3 is 2.67 bits per heavy atom. The van der Waals surface area contributed by atoms with Crippen molar-refractivity contribution in [2.75, 3.05) is 19.8 Å². The maximum Gasteiger partial charge on any atom is 0.0472 e. The Kier molecular flexibility index (Phi) is 7.01. The quantitative estimate of drug-likeness (QED) is 0.636. The fraction of sp³-hybridized carbons (Fsp3) is 0.667. The van der Waals surface area contributed by atoms with E-state index in [0.717, 1.165) is 43.7 Å². The first-order valence-electron chi connectivity index (χ1n) is 8.21. The molecule has 1 aromatic carbocycles. The Hall–Kier alpha value is -0.570. The molecule has 0 spiro atoms. The van der Waals surface area contributed by atoms with Crippen molar-refractivity contribution in [2.24, 2.45) is 5.92 Å². The molecule has 1 aliphatic rings. The molecule has 0 heterocycles. The predicted octanol–water partition coefficient (Wildman–Crippen LogP) is 4.63. The third-order valence-corrected chi connectivity index (χ3v) is 4.24. The van der Waals surface area contributed by atoms with Gasteiger partial charge in [-0.15, -0.1) is 0 Å². The Bertz CT molecular complexity index is 417. The molecule has 1 fully saturated rings. The number of nitrogens with one attached hydrogen (secondary N) is 1. The van der Waals surface area contributed by atoms with Crippen LogP contribution in [-0.4, -0.2) is 25.8 Å². The SMILES string of the molecule is CC(C)CCOCCC(CNC1CC1)c1cccc(Cl)c1. The molecule has 2 nitrogen and oxygen atoms in total. The van der Waals surface area contributed by atoms with Gasteiger partial charge in [-0.05, 0) is 55.2 Å². The second-order valence-electron chi connectivity index (χ2n) is 6.52. The molecule has 0 saturated heterocycles. The molecule has 118 valence electrons. The molecule has 1 unspecified atom stereocenters. The lowest BCUT2D eigenvalue weighted by Crippen LogP contribution is -2.24. The van der Waals surface area contributed by atoms with E-state index in [1.807, 2.05) is 12.1 Å². The highest BCUT2D eigenvalue weighted by atomic mass is 35.5. The van der Waals surface area contributed by atoms with Crippen molar-refractivity contribution < 1.29 is 4.74 Å². The van der Waals surface area contributed by atoms with Crippen molar-refractivity contribution in [1.29, 1.82) is 0 Å². The van der Waals surface area contributed by atoms with Crippen LogP contribution in [0.1, 0.15) is 51.0 Å². The number of halogens is 1. The molecule has 0 aliphatic heterocycles. The van der Waals surface area contributed by atoms with Gasteiger partial charge in [0, 0.05) is 30.8 Å². The molecule has 1 saturated carbocycles. The van der Waals surface area contributed by atoms with Gasteiger partial charge in [0.15, 0.2) is 0 Å². The molecule has 0 radical (unpaired) electrons. The summed E-state index contributed by atoms with van der Waals surface area (Å²) >= 11 is 6.13. The van der Waals surface area contributed by atoms with Gasteiger partial charge in [-0.2, -0.15) is 0 Å². The van der Waals surface area contributed by atoms with Crippen LogP contribution < -0.4 is 5.32 Å². The summed E-state index contributed by atoms with van der Waals surface area (Å²) in [6, 6.07) is 9.00. The van der Waals surface area contributed by atoms with Crippen LogP contribution in [0.3, 0.4) is 0 Å². The zero-order valence-corrected chi connectivity index (χ0v) is 14.0. The lowest BCUT2D eigenvalue weighted by atomic mass is 9.96. The number of ether oxygens (including phenoxy) is 1. The summed E-state index contributed by atoms with van der Waals surface area (Å²) in [4.78, 5) is 0. The fourth-order valence-corrected chi connectivity index (χ4v) is 2.59. The van der Waals surface area contributed by atoms with E-state index in [0.29, 0.717) is 11.8 Å². The van der Waals surface area contributed by atoms with Crippen LogP contribution in [0.5, 0.6) is 0 Å². The molecule has 1 atom stereocenters. The van der Waals surface area contributed by atoms with Crippen LogP contribution in [-0.2, 0) is 4.74 Å². The highest BCUT2D eigenvalue weighted by Crippen LogP contribution is 2.25. The minimum atomic E-state index is 0.489. The monoisotopic (exact) mass is 309 g/mol. The van der Waals surface area contributed by atoms with Crippen molar-refractivity contribution in [3.8, 4) is 0 Å². The third-order valence-electron chi connectivity index (χ3n) is 4.00. The van der Waals surface area contributed by atoms with E-state index in [2.05, 4.69) is 31.3 Å². The van der Waals surface area contributed by atoms with Crippen LogP contribution in [0, 0.1) is 5.92 Å². The van der Waals surface area contributed by atoms with Gasteiger partial charge in [-0.3, -0.25) is 0 Å². The summed E-state index contributed by atoms with van der Waals surface area (Å²) in [6.45, 7) is 7.19. The van der Waals surface area contributed by atoms with E-state index < -0.39 is 0 Å². The normalized spacial score (nSPS) is 16.4. The van der Waals surface area contributed by atoms with Gasteiger partial charge in [0.25, 0.3) is 0 Å². The van der Waals surface area contributed by atoms with Gasteiger partial charge in [-0.25, -0.2) is 0 Å². The molecule has 1 N–H and O–H groups in total. The molecule has 3 heteroatoms. The highest BCUT2D eigenvalue weighted by molar-refractivity contribution is 6.30. The average Bonchev–Trinajstić information content (AvgIpc) is 3.25. The Morgan fingerprint density at radius 1 is 1.24 bits per heavy atom. The largest absolute Gasteiger partial charge is 0.381 e. The second-order valence-corrected chi connectivity index (χ2v) is 6.95. The Balaban J connectivity index is 1.80. The predicted molar refractivity (Wildman–Crippen MR) is 90.1 cm³/mol. The summed E-state index contributed by atoms with van der Waals surface area (Å²) < 4.78 is 5.79. The van der Waals surface area contributed by atoms with Crippen LogP contribution >= 0.6 is 11.6 Å². The Morgan fingerprint density at radius 2 is 2.00 bits per heavy atom. The fourth-order valence-electron chi connectivity index (χ4n) is 2.39. The van der Waals surface area contributed by atoms with E-state index in [9.17, 15) is 0 Å². The topological polar surface area (TPSA) is 21.3 Å². The van der Waals surface area contributed by atoms with E-state index in [1.54, 1.807) is 0 Å². The smallest absolute Gasteiger partial charge is 0.0472 e. The molecular weight excluding hydrogens is 282 g/mol. The first kappa shape index (κ1) is 16.8. The van der Waals surface area contributed by atoms with Gasteiger partial charge < -0.3 is 10.1 Å². The van der Waals surface area contributed by atoms with E-state index in [-0.39, 0.29) is 0 Å². The zero-order valence-electron chi connectivity index (χ0n) is 13.3. The number of hydrogen-bond donors (Lipinski definition) is 1. The first-order valence-corrected chi connectivity index (χ1v) is 8.59. The lowest BCUT2D eigenvalue weighted by molar-refractivity contribution is 0.116. The zero-order chi connectivity index (χ0) is 15.1. The van der Waals surface area contributed by atoms with Crippen LogP contribution in [0.2, 0.25) is 5.02 Å². The summed E-state index contributed by atoms with van der Waals surface area (Å²) in [6.07, 6.45) is 4.85. The Labute approximate surface area is 134 Å². The molecule has 2 rings (SSSR count). The number of hydrogen-bond acceptors (Lipinski definition) is 2. The highest BCUT2D eigenvalue weighted by Gasteiger charge is 2.22. The van der Waals surface area contributed by atoms with E-state index in [4.69, 9.17) is 16.3 Å². The lowest BCUT2D eigenvalue weighted by Gasteiger charge is -2.19. The first-order chi connectivity index (χ1) is 10.1. The maximum absolute atomic E-state index is 6.13. The van der Waals surface area contributed by atoms with Crippen molar-refractivity contribution in [2.45, 2.75) is 51.5 Å². The summed E-state index contributed by atoms with van der Waals surface area (Å²) in [5, 5.41) is 4.46. The molecule has 1 aromatic rings. The minimum absolute atomic E-state index is 0.489.